The lowest BCUT2D eigenvalue weighted by Crippen LogP contribution is -2.37. The lowest BCUT2D eigenvalue weighted by molar-refractivity contribution is -0.146. The van der Waals surface area contributed by atoms with E-state index in [1.807, 2.05) is 0 Å². The second-order valence-corrected chi connectivity index (χ2v) is 5.68. The van der Waals surface area contributed by atoms with Gasteiger partial charge in [-0.2, -0.15) is 0 Å². The molecule has 1 aromatic heterocycles. The molecule has 0 saturated carbocycles. The quantitative estimate of drug-likeness (QED) is 0.872. The molecule has 0 aromatic carbocycles. The fourth-order valence-corrected chi connectivity index (χ4v) is 2.33. The maximum Gasteiger partial charge on any atom is 0.321 e. The molecule has 2 heterocycles. The fourth-order valence-electron chi connectivity index (χ4n) is 1.98. The molecular weight excluding hydrogens is 314 g/mol. The minimum Gasteiger partial charge on any atom is -0.481 e. The molecule has 6 nitrogen and oxygen atoms in total. The summed E-state index contributed by atoms with van der Waals surface area (Å²) < 4.78 is 0.684. The largest absolute Gasteiger partial charge is 0.481 e. The summed E-state index contributed by atoms with van der Waals surface area (Å²) in [7, 11) is 0. The number of carboxylic acids is 1. The van der Waals surface area contributed by atoms with Crippen LogP contribution in [0.2, 0.25) is 0 Å². The van der Waals surface area contributed by atoms with E-state index in [1.165, 1.54) is 4.90 Å². The van der Waals surface area contributed by atoms with Gasteiger partial charge in [0, 0.05) is 25.5 Å². The highest BCUT2D eigenvalue weighted by molar-refractivity contribution is 9.10. The zero-order valence-electron chi connectivity index (χ0n) is 10.4. The molecule has 1 saturated heterocycles. The van der Waals surface area contributed by atoms with Crippen molar-refractivity contribution in [3.63, 3.8) is 0 Å². The summed E-state index contributed by atoms with van der Waals surface area (Å²) in [5.74, 6) is -0.868. The third-order valence-electron chi connectivity index (χ3n) is 3.29. The molecule has 19 heavy (non-hydrogen) atoms. The minimum atomic E-state index is -0.868. The first-order valence-electron chi connectivity index (χ1n) is 5.81. The Labute approximate surface area is 118 Å². The van der Waals surface area contributed by atoms with Crippen LogP contribution in [0.5, 0.6) is 0 Å². The van der Waals surface area contributed by atoms with Crippen LogP contribution in [0, 0.1) is 5.41 Å². The number of nitrogens with one attached hydrogen (secondary N) is 1. The van der Waals surface area contributed by atoms with E-state index >= 15 is 0 Å². The number of nitrogens with zero attached hydrogens (tertiary/aromatic N) is 2. The number of aliphatic carboxylic acids is 1. The second kappa shape index (κ2) is 5.16. The molecule has 0 spiro atoms. The molecule has 2 amide bonds. The number of pyridine rings is 1. The maximum absolute atomic E-state index is 12.1. The van der Waals surface area contributed by atoms with Gasteiger partial charge < -0.3 is 15.3 Å². The lowest BCUT2D eigenvalue weighted by atomic mass is 9.90. The molecular formula is C12H14BrN3O3. The number of aromatic nitrogens is 1. The molecule has 102 valence electrons. The number of rotatable bonds is 2. The highest BCUT2D eigenvalue weighted by atomic mass is 79.9. The standard InChI is InChI=1S/C12H14BrN3O3/c1-12(10(17)18)3-5-16(7-12)11(19)15-9-2-4-14-6-8(9)13/h2,4,6H,3,5,7H2,1H3,(H,17,18)(H,14,15,19). The summed E-state index contributed by atoms with van der Waals surface area (Å²) in [6.07, 6.45) is 3.62. The van der Waals surface area contributed by atoms with E-state index in [0.29, 0.717) is 23.1 Å². The summed E-state index contributed by atoms with van der Waals surface area (Å²) >= 11 is 3.29. The number of anilines is 1. The molecule has 2 rings (SSSR count). The molecule has 0 aliphatic carbocycles. The molecule has 1 atom stereocenters. The van der Waals surface area contributed by atoms with Crippen LogP contribution < -0.4 is 5.32 Å². The van der Waals surface area contributed by atoms with Crippen molar-refractivity contribution in [3.05, 3.63) is 22.9 Å². The van der Waals surface area contributed by atoms with Crippen molar-refractivity contribution in [2.45, 2.75) is 13.3 Å². The van der Waals surface area contributed by atoms with Crippen LogP contribution in [-0.2, 0) is 4.79 Å². The maximum atomic E-state index is 12.1. The Hall–Kier alpha value is -1.63. The van der Waals surface area contributed by atoms with Gasteiger partial charge in [-0.1, -0.05) is 0 Å². The van der Waals surface area contributed by atoms with Crippen LogP contribution in [0.3, 0.4) is 0 Å². The number of hydrogen-bond donors (Lipinski definition) is 2. The van der Waals surface area contributed by atoms with Crippen molar-refractivity contribution in [2.24, 2.45) is 5.41 Å². The normalized spacial score (nSPS) is 22.3. The molecule has 1 unspecified atom stereocenters. The highest BCUT2D eigenvalue weighted by Gasteiger charge is 2.42. The van der Waals surface area contributed by atoms with Crippen LogP contribution >= 0.6 is 15.9 Å². The van der Waals surface area contributed by atoms with E-state index in [9.17, 15) is 9.59 Å². The molecule has 1 aliphatic heterocycles. The zero-order chi connectivity index (χ0) is 14.0. The number of halogens is 1. The third-order valence-corrected chi connectivity index (χ3v) is 3.92. The minimum absolute atomic E-state index is 0.219. The van der Waals surface area contributed by atoms with Crippen molar-refractivity contribution in [2.75, 3.05) is 18.4 Å². The van der Waals surface area contributed by atoms with Gasteiger partial charge in [-0.3, -0.25) is 9.78 Å². The topological polar surface area (TPSA) is 82.5 Å². The van der Waals surface area contributed by atoms with Gasteiger partial charge in [0.1, 0.15) is 0 Å². The smallest absolute Gasteiger partial charge is 0.321 e. The Balaban J connectivity index is 2.03. The fraction of sp³-hybridized carbons (Fsp3) is 0.417. The van der Waals surface area contributed by atoms with E-state index in [4.69, 9.17) is 5.11 Å². The van der Waals surface area contributed by atoms with Crippen LogP contribution in [0.15, 0.2) is 22.9 Å². The van der Waals surface area contributed by atoms with Crippen LogP contribution in [-0.4, -0.2) is 40.1 Å². The van der Waals surface area contributed by atoms with E-state index < -0.39 is 11.4 Å². The Morgan fingerprint density at radius 3 is 2.89 bits per heavy atom. The summed E-state index contributed by atoms with van der Waals surface area (Å²) in [5, 5.41) is 11.9. The first kappa shape index (κ1) is 13.8. The first-order valence-corrected chi connectivity index (χ1v) is 6.60. The SMILES string of the molecule is CC1(C(=O)O)CCN(C(=O)Nc2ccncc2Br)C1. The van der Waals surface area contributed by atoms with Gasteiger partial charge in [-0.05, 0) is 35.3 Å². The van der Waals surface area contributed by atoms with Crippen LogP contribution in [0.4, 0.5) is 10.5 Å². The first-order chi connectivity index (χ1) is 8.92. The van der Waals surface area contributed by atoms with E-state index in [1.54, 1.807) is 25.4 Å². The monoisotopic (exact) mass is 327 g/mol. The van der Waals surface area contributed by atoms with Gasteiger partial charge in [0.15, 0.2) is 0 Å². The number of carboxylic acid groups (broad SMARTS) is 1. The van der Waals surface area contributed by atoms with Crippen molar-refractivity contribution in [3.8, 4) is 0 Å². The molecule has 1 aliphatic rings. The van der Waals surface area contributed by atoms with Crippen molar-refractivity contribution in [1.29, 1.82) is 0 Å². The van der Waals surface area contributed by atoms with Gasteiger partial charge in [0.2, 0.25) is 0 Å². The average molecular weight is 328 g/mol. The summed E-state index contributed by atoms with van der Waals surface area (Å²) in [6.45, 7) is 2.32. The molecule has 1 fully saturated rings. The Kier molecular flexibility index (Phi) is 3.75. The molecule has 2 N–H and O–H groups in total. The highest BCUT2D eigenvalue weighted by Crippen LogP contribution is 2.30. The summed E-state index contributed by atoms with van der Waals surface area (Å²) in [5.41, 5.74) is -0.240. The number of carbonyl (C=O) groups excluding carboxylic acids is 1. The molecule has 1 aromatic rings. The number of likely N-dealkylation sites (tertiary alicyclic amines) is 1. The Bertz CT molecular complexity index is 523. The van der Waals surface area contributed by atoms with Crippen molar-refractivity contribution >= 4 is 33.6 Å². The van der Waals surface area contributed by atoms with Gasteiger partial charge in [0.25, 0.3) is 0 Å². The van der Waals surface area contributed by atoms with Gasteiger partial charge in [0.05, 0.1) is 15.6 Å². The van der Waals surface area contributed by atoms with Crippen molar-refractivity contribution in [1.82, 2.24) is 9.88 Å². The number of hydrogen-bond acceptors (Lipinski definition) is 3. The zero-order valence-corrected chi connectivity index (χ0v) is 12.0. The van der Waals surface area contributed by atoms with Gasteiger partial charge in [-0.25, -0.2) is 4.79 Å². The van der Waals surface area contributed by atoms with E-state index in [0.717, 1.165) is 0 Å². The number of amides is 2. The van der Waals surface area contributed by atoms with Crippen LogP contribution in [0.25, 0.3) is 0 Å². The summed E-state index contributed by atoms with van der Waals surface area (Å²) in [6, 6.07) is 1.38. The molecule has 7 heteroatoms. The number of carbonyl (C=O) groups is 2. The molecule has 0 bridgehead atoms. The van der Waals surface area contributed by atoms with Gasteiger partial charge >= 0.3 is 12.0 Å². The molecule has 0 radical (unpaired) electrons. The van der Waals surface area contributed by atoms with E-state index in [-0.39, 0.29) is 12.6 Å². The Morgan fingerprint density at radius 2 is 2.32 bits per heavy atom. The summed E-state index contributed by atoms with van der Waals surface area (Å²) in [4.78, 5) is 28.6. The van der Waals surface area contributed by atoms with Crippen molar-refractivity contribution < 1.29 is 14.7 Å². The van der Waals surface area contributed by atoms with Crippen LogP contribution in [0.1, 0.15) is 13.3 Å². The second-order valence-electron chi connectivity index (χ2n) is 4.82. The number of urea groups is 1. The Morgan fingerprint density at radius 1 is 1.58 bits per heavy atom. The van der Waals surface area contributed by atoms with E-state index in [2.05, 4.69) is 26.2 Å². The third kappa shape index (κ3) is 2.86. The van der Waals surface area contributed by atoms with Gasteiger partial charge in [-0.15, -0.1) is 0 Å². The lowest BCUT2D eigenvalue weighted by Gasteiger charge is -2.20. The average Bonchev–Trinajstić information content (AvgIpc) is 2.76. The predicted molar refractivity (Wildman–Crippen MR) is 72.9 cm³/mol. The predicted octanol–water partition coefficient (Wildman–Crippen LogP) is 2.17.